The van der Waals surface area contributed by atoms with Gasteiger partial charge in [0.1, 0.15) is 5.76 Å². The molecule has 1 amide bonds. The minimum atomic E-state index is -0.524. The molecule has 0 aliphatic carbocycles. The van der Waals surface area contributed by atoms with E-state index < -0.39 is 11.9 Å². The molecular formula is C25H24Cl2N4O4S. The van der Waals surface area contributed by atoms with Crippen LogP contribution in [-0.2, 0) is 4.74 Å². The van der Waals surface area contributed by atoms with Gasteiger partial charge in [-0.2, -0.15) is 0 Å². The second-order valence-corrected chi connectivity index (χ2v) is 9.44. The van der Waals surface area contributed by atoms with Gasteiger partial charge in [0, 0.05) is 31.7 Å². The second-order valence-electron chi connectivity index (χ2n) is 8.21. The van der Waals surface area contributed by atoms with Crippen molar-refractivity contribution < 1.29 is 18.7 Å². The van der Waals surface area contributed by atoms with Crippen LogP contribution in [0, 0.1) is 0 Å². The fourth-order valence-electron chi connectivity index (χ4n) is 3.79. The number of piperazine rings is 1. The monoisotopic (exact) mass is 546 g/mol. The summed E-state index contributed by atoms with van der Waals surface area (Å²) in [6.07, 6.45) is 0. The minimum absolute atomic E-state index is 0.0601. The van der Waals surface area contributed by atoms with Gasteiger partial charge in [-0.25, -0.2) is 4.79 Å². The first-order valence-corrected chi connectivity index (χ1v) is 12.2. The molecule has 0 spiro atoms. The summed E-state index contributed by atoms with van der Waals surface area (Å²) in [6, 6.07) is 13.5. The average molecular weight is 547 g/mol. The van der Waals surface area contributed by atoms with Gasteiger partial charge in [-0.3, -0.25) is 10.1 Å². The van der Waals surface area contributed by atoms with Crippen molar-refractivity contribution in [2.75, 3.05) is 50.6 Å². The van der Waals surface area contributed by atoms with Crippen LogP contribution in [0.2, 0.25) is 10.0 Å². The number of hydrogen-bond donors (Lipinski definition) is 2. The van der Waals surface area contributed by atoms with Gasteiger partial charge < -0.3 is 24.3 Å². The molecule has 1 aromatic heterocycles. The Bertz CT molecular complexity index is 1300. The number of furan rings is 1. The summed E-state index contributed by atoms with van der Waals surface area (Å²) in [5, 5.41) is 6.55. The van der Waals surface area contributed by atoms with E-state index in [2.05, 4.69) is 27.5 Å². The number of nitrogens with one attached hydrogen (secondary N) is 2. The standard InChI is InChI=1S/C25H24Cl2N4O4S/c1-30-9-11-31(12-10-30)20-6-4-16(24(33)34-2)14-19(20)28-25(36)29-23(32)22-8-7-21(35-22)15-3-5-17(26)18(27)13-15/h3-8,13-14H,9-12H2,1-2H3,(H2,28,29,32,36). The Morgan fingerprint density at radius 1 is 1.00 bits per heavy atom. The number of anilines is 2. The largest absolute Gasteiger partial charge is 0.465 e. The summed E-state index contributed by atoms with van der Waals surface area (Å²) >= 11 is 17.5. The molecule has 0 radical (unpaired) electrons. The van der Waals surface area contributed by atoms with E-state index in [1.54, 1.807) is 42.5 Å². The third-order valence-corrected chi connectivity index (χ3v) is 6.71. The van der Waals surface area contributed by atoms with E-state index in [1.807, 2.05) is 6.07 Å². The Morgan fingerprint density at radius 2 is 1.75 bits per heavy atom. The summed E-state index contributed by atoms with van der Waals surface area (Å²) in [5.74, 6) is -0.462. The highest BCUT2D eigenvalue weighted by molar-refractivity contribution is 7.80. The molecule has 2 aromatic carbocycles. The lowest BCUT2D eigenvalue weighted by atomic mass is 10.1. The zero-order chi connectivity index (χ0) is 25.8. The molecule has 0 bridgehead atoms. The second kappa shape index (κ2) is 11.3. The van der Waals surface area contributed by atoms with E-state index in [0.717, 1.165) is 31.9 Å². The highest BCUT2D eigenvalue weighted by Crippen LogP contribution is 2.30. The first-order chi connectivity index (χ1) is 17.2. The van der Waals surface area contributed by atoms with Crippen LogP contribution in [0.3, 0.4) is 0 Å². The Kier molecular flexibility index (Phi) is 8.15. The van der Waals surface area contributed by atoms with Gasteiger partial charge in [0.25, 0.3) is 5.91 Å². The molecule has 188 valence electrons. The number of carbonyl (C=O) groups excluding carboxylic acids is 2. The Balaban J connectivity index is 1.49. The lowest BCUT2D eigenvalue weighted by molar-refractivity contribution is 0.0600. The Labute approximate surface area is 224 Å². The third-order valence-electron chi connectivity index (χ3n) is 5.77. The molecule has 1 aliphatic heterocycles. The summed E-state index contributed by atoms with van der Waals surface area (Å²) in [7, 11) is 3.40. The lowest BCUT2D eigenvalue weighted by Crippen LogP contribution is -2.45. The fourth-order valence-corrected chi connectivity index (χ4v) is 4.29. The van der Waals surface area contributed by atoms with Crippen molar-refractivity contribution >= 4 is 63.8 Å². The highest BCUT2D eigenvalue weighted by atomic mass is 35.5. The molecule has 2 N–H and O–H groups in total. The predicted molar refractivity (Wildman–Crippen MR) is 145 cm³/mol. The molecular weight excluding hydrogens is 523 g/mol. The molecule has 0 unspecified atom stereocenters. The van der Waals surface area contributed by atoms with Crippen LogP contribution in [0.15, 0.2) is 52.9 Å². The van der Waals surface area contributed by atoms with Crippen LogP contribution in [-0.4, -0.2) is 62.2 Å². The number of likely N-dealkylation sites (N-methyl/N-ethyl adjacent to an activating group) is 1. The van der Waals surface area contributed by atoms with Gasteiger partial charge in [-0.05, 0) is 67.8 Å². The van der Waals surface area contributed by atoms with Crippen LogP contribution < -0.4 is 15.5 Å². The average Bonchev–Trinajstić information content (AvgIpc) is 3.36. The summed E-state index contributed by atoms with van der Waals surface area (Å²) < 4.78 is 10.5. The molecule has 8 nitrogen and oxygen atoms in total. The molecule has 1 fully saturated rings. The molecule has 1 aliphatic rings. The van der Waals surface area contributed by atoms with E-state index in [-0.39, 0.29) is 10.9 Å². The quantitative estimate of drug-likeness (QED) is 0.344. The first kappa shape index (κ1) is 26.0. The molecule has 4 rings (SSSR count). The zero-order valence-corrected chi connectivity index (χ0v) is 22.0. The van der Waals surface area contributed by atoms with Gasteiger partial charge in [0.05, 0.1) is 34.1 Å². The number of ether oxygens (including phenoxy) is 1. The van der Waals surface area contributed by atoms with Crippen LogP contribution in [0.25, 0.3) is 11.3 Å². The number of carbonyl (C=O) groups is 2. The minimum Gasteiger partial charge on any atom is -0.465 e. The molecule has 3 aromatic rings. The number of halogens is 2. The predicted octanol–water partition coefficient (Wildman–Crippen LogP) is 4.92. The fraction of sp³-hybridized carbons (Fsp3) is 0.240. The van der Waals surface area contributed by atoms with E-state index in [4.69, 9.17) is 44.6 Å². The maximum absolute atomic E-state index is 12.8. The zero-order valence-electron chi connectivity index (χ0n) is 19.6. The smallest absolute Gasteiger partial charge is 0.337 e. The van der Waals surface area contributed by atoms with Crippen molar-refractivity contribution in [3.8, 4) is 11.3 Å². The van der Waals surface area contributed by atoms with Crippen LogP contribution in [0.4, 0.5) is 11.4 Å². The van der Waals surface area contributed by atoms with Gasteiger partial charge in [0.15, 0.2) is 10.9 Å². The Hall–Kier alpha value is -3.11. The number of thiocarbonyl (C=S) groups is 1. The van der Waals surface area contributed by atoms with Crippen molar-refractivity contribution in [1.82, 2.24) is 10.2 Å². The molecule has 0 atom stereocenters. The van der Waals surface area contributed by atoms with Gasteiger partial charge >= 0.3 is 5.97 Å². The van der Waals surface area contributed by atoms with Crippen molar-refractivity contribution in [2.45, 2.75) is 0 Å². The third kappa shape index (κ3) is 5.99. The SMILES string of the molecule is COC(=O)c1ccc(N2CCN(C)CC2)c(NC(=S)NC(=O)c2ccc(-c3ccc(Cl)c(Cl)c3)o2)c1. The van der Waals surface area contributed by atoms with E-state index in [9.17, 15) is 9.59 Å². The molecule has 2 heterocycles. The number of esters is 1. The first-order valence-electron chi connectivity index (χ1n) is 11.1. The number of hydrogen-bond acceptors (Lipinski definition) is 7. The van der Waals surface area contributed by atoms with Gasteiger partial charge in [-0.1, -0.05) is 23.2 Å². The summed E-state index contributed by atoms with van der Waals surface area (Å²) in [4.78, 5) is 29.3. The van der Waals surface area contributed by atoms with E-state index in [1.165, 1.54) is 7.11 Å². The van der Waals surface area contributed by atoms with Crippen molar-refractivity contribution in [3.63, 3.8) is 0 Å². The van der Waals surface area contributed by atoms with Gasteiger partial charge in [-0.15, -0.1) is 0 Å². The van der Waals surface area contributed by atoms with Crippen molar-refractivity contribution in [3.05, 3.63) is 69.9 Å². The summed E-state index contributed by atoms with van der Waals surface area (Å²) in [5.41, 5.74) is 2.50. The maximum Gasteiger partial charge on any atom is 0.337 e. The lowest BCUT2D eigenvalue weighted by Gasteiger charge is -2.35. The van der Waals surface area contributed by atoms with Crippen LogP contribution >= 0.6 is 35.4 Å². The number of benzene rings is 2. The van der Waals surface area contributed by atoms with Gasteiger partial charge in [0.2, 0.25) is 0 Å². The van der Waals surface area contributed by atoms with Crippen LogP contribution in [0.1, 0.15) is 20.9 Å². The van der Waals surface area contributed by atoms with E-state index in [0.29, 0.717) is 32.6 Å². The van der Waals surface area contributed by atoms with Crippen molar-refractivity contribution in [1.29, 1.82) is 0 Å². The van der Waals surface area contributed by atoms with Crippen LogP contribution in [0.5, 0.6) is 0 Å². The summed E-state index contributed by atoms with van der Waals surface area (Å²) in [6.45, 7) is 3.43. The molecule has 0 saturated carbocycles. The van der Waals surface area contributed by atoms with Crippen molar-refractivity contribution in [2.24, 2.45) is 0 Å². The van der Waals surface area contributed by atoms with E-state index >= 15 is 0 Å². The highest BCUT2D eigenvalue weighted by Gasteiger charge is 2.20. The number of amides is 1. The number of methoxy groups -OCH3 is 1. The maximum atomic E-state index is 12.8. The normalized spacial score (nSPS) is 13.8. The molecule has 11 heteroatoms. The number of rotatable bonds is 5. The molecule has 36 heavy (non-hydrogen) atoms. The number of nitrogens with zero attached hydrogens (tertiary/aromatic N) is 2. The molecule has 1 saturated heterocycles. The topological polar surface area (TPSA) is 87.0 Å². The Morgan fingerprint density at radius 3 is 2.44 bits per heavy atom.